The van der Waals surface area contributed by atoms with Gasteiger partial charge < -0.3 is 14.6 Å². The van der Waals surface area contributed by atoms with E-state index in [1.165, 1.54) is 6.07 Å². The van der Waals surface area contributed by atoms with Crippen LogP contribution in [0.5, 0.6) is 0 Å². The fraction of sp³-hybridized carbons (Fsp3) is 0.308. The summed E-state index contributed by atoms with van der Waals surface area (Å²) in [5, 5.41) is 2.86. The Bertz CT molecular complexity index is 589. The highest BCUT2D eigenvalue weighted by Crippen LogP contribution is 2.26. The Morgan fingerprint density at radius 2 is 2.15 bits per heavy atom. The zero-order valence-corrected chi connectivity index (χ0v) is 12.5. The van der Waals surface area contributed by atoms with E-state index >= 15 is 0 Å². The van der Waals surface area contributed by atoms with Gasteiger partial charge in [-0.2, -0.15) is 0 Å². The molecule has 0 amide bonds. The van der Waals surface area contributed by atoms with Gasteiger partial charge in [0.1, 0.15) is 11.6 Å². The molecule has 2 aromatic rings. The SMILES string of the molecule is COCCCn1ccnc1Nc1cc(Br)c(F)cc1F. The fourth-order valence-electron chi connectivity index (χ4n) is 1.73. The van der Waals surface area contributed by atoms with Crippen LogP contribution in [0.25, 0.3) is 0 Å². The average Bonchev–Trinajstić information content (AvgIpc) is 2.84. The molecular weight excluding hydrogens is 332 g/mol. The molecule has 0 aliphatic carbocycles. The Kier molecular flexibility index (Phi) is 5.08. The highest BCUT2D eigenvalue weighted by atomic mass is 79.9. The number of halogens is 3. The summed E-state index contributed by atoms with van der Waals surface area (Å²) >= 11 is 3.03. The summed E-state index contributed by atoms with van der Waals surface area (Å²) in [5.41, 5.74) is 0.164. The van der Waals surface area contributed by atoms with Crippen LogP contribution in [0.4, 0.5) is 20.4 Å². The van der Waals surface area contributed by atoms with Crippen molar-refractivity contribution in [3.05, 3.63) is 40.6 Å². The van der Waals surface area contributed by atoms with E-state index < -0.39 is 11.6 Å². The molecule has 0 aliphatic rings. The molecule has 0 fully saturated rings. The zero-order valence-electron chi connectivity index (χ0n) is 10.9. The van der Waals surface area contributed by atoms with Gasteiger partial charge in [0.15, 0.2) is 0 Å². The Balaban J connectivity index is 2.14. The van der Waals surface area contributed by atoms with Crippen LogP contribution in [0, 0.1) is 11.6 Å². The molecule has 4 nitrogen and oxygen atoms in total. The number of benzene rings is 1. The van der Waals surface area contributed by atoms with Gasteiger partial charge in [0.25, 0.3) is 0 Å². The standard InChI is InChI=1S/C13H14BrF2N3O/c1-20-6-2-4-19-5-3-17-13(19)18-12-7-9(14)10(15)8-11(12)16/h3,5,7-8H,2,4,6H2,1H3,(H,17,18). The van der Waals surface area contributed by atoms with E-state index in [0.717, 1.165) is 12.5 Å². The smallest absolute Gasteiger partial charge is 0.207 e. The van der Waals surface area contributed by atoms with Gasteiger partial charge >= 0.3 is 0 Å². The van der Waals surface area contributed by atoms with Gasteiger partial charge in [-0.05, 0) is 28.4 Å². The third kappa shape index (κ3) is 3.55. The molecule has 20 heavy (non-hydrogen) atoms. The third-order valence-electron chi connectivity index (χ3n) is 2.72. The molecule has 108 valence electrons. The highest BCUT2D eigenvalue weighted by Gasteiger charge is 2.10. The van der Waals surface area contributed by atoms with E-state index in [9.17, 15) is 8.78 Å². The molecule has 0 bridgehead atoms. The van der Waals surface area contributed by atoms with Gasteiger partial charge in [-0.1, -0.05) is 0 Å². The van der Waals surface area contributed by atoms with Crippen molar-refractivity contribution in [2.45, 2.75) is 13.0 Å². The second kappa shape index (κ2) is 6.81. The second-order valence-electron chi connectivity index (χ2n) is 4.16. The number of nitrogens with one attached hydrogen (secondary N) is 1. The predicted molar refractivity (Wildman–Crippen MR) is 76.1 cm³/mol. The van der Waals surface area contributed by atoms with Crippen LogP contribution < -0.4 is 5.32 Å². The third-order valence-corrected chi connectivity index (χ3v) is 3.33. The molecule has 0 aliphatic heterocycles. The summed E-state index contributed by atoms with van der Waals surface area (Å²) in [6.45, 7) is 1.33. The molecule has 1 heterocycles. The Morgan fingerprint density at radius 1 is 1.35 bits per heavy atom. The molecule has 0 unspecified atom stereocenters. The molecule has 1 aromatic carbocycles. The van der Waals surface area contributed by atoms with Crippen molar-refractivity contribution in [1.29, 1.82) is 0 Å². The molecule has 0 radical (unpaired) electrons. The Morgan fingerprint density at radius 3 is 2.90 bits per heavy atom. The molecule has 0 atom stereocenters. The quantitative estimate of drug-likeness (QED) is 0.640. The number of hydrogen-bond donors (Lipinski definition) is 1. The maximum absolute atomic E-state index is 13.7. The lowest BCUT2D eigenvalue weighted by molar-refractivity contribution is 0.190. The zero-order chi connectivity index (χ0) is 14.5. The molecule has 2 rings (SSSR count). The molecule has 0 saturated heterocycles. The van der Waals surface area contributed by atoms with E-state index in [1.807, 2.05) is 4.57 Å². The number of nitrogens with zero attached hydrogens (tertiary/aromatic N) is 2. The first-order valence-electron chi connectivity index (χ1n) is 6.03. The van der Waals surface area contributed by atoms with Crippen LogP contribution in [0.1, 0.15) is 6.42 Å². The molecule has 7 heteroatoms. The monoisotopic (exact) mass is 345 g/mol. The molecule has 0 saturated carbocycles. The maximum Gasteiger partial charge on any atom is 0.207 e. The number of methoxy groups -OCH3 is 1. The first-order valence-corrected chi connectivity index (χ1v) is 6.82. The maximum atomic E-state index is 13.7. The number of aromatic nitrogens is 2. The Hall–Kier alpha value is -1.47. The van der Waals surface area contributed by atoms with Crippen molar-refractivity contribution in [3.63, 3.8) is 0 Å². The van der Waals surface area contributed by atoms with E-state index in [4.69, 9.17) is 4.74 Å². The summed E-state index contributed by atoms with van der Waals surface area (Å²) in [6.07, 6.45) is 4.22. The summed E-state index contributed by atoms with van der Waals surface area (Å²) < 4.78 is 33.9. The van der Waals surface area contributed by atoms with Crippen molar-refractivity contribution in [1.82, 2.24) is 9.55 Å². The Labute approximate surface area is 123 Å². The first kappa shape index (κ1) is 14.9. The number of aryl methyl sites for hydroxylation is 1. The van der Waals surface area contributed by atoms with Gasteiger partial charge in [-0.3, -0.25) is 0 Å². The molecule has 1 aromatic heterocycles. The lowest BCUT2D eigenvalue weighted by Gasteiger charge is -2.11. The fourth-order valence-corrected chi connectivity index (χ4v) is 2.08. The minimum Gasteiger partial charge on any atom is -0.385 e. The van der Waals surface area contributed by atoms with Gasteiger partial charge in [0.2, 0.25) is 5.95 Å². The predicted octanol–water partition coefficient (Wildman–Crippen LogP) is 3.70. The lowest BCUT2D eigenvalue weighted by Crippen LogP contribution is -2.06. The summed E-state index contributed by atoms with van der Waals surface area (Å²) in [7, 11) is 1.64. The number of hydrogen-bond acceptors (Lipinski definition) is 3. The van der Waals surface area contributed by atoms with Crippen molar-refractivity contribution in [2.75, 3.05) is 19.0 Å². The van der Waals surface area contributed by atoms with E-state index in [-0.39, 0.29) is 10.2 Å². The number of ether oxygens (including phenoxy) is 1. The van der Waals surface area contributed by atoms with Crippen molar-refractivity contribution in [2.24, 2.45) is 0 Å². The molecular formula is C13H14BrF2N3O. The number of imidazole rings is 1. The molecule has 0 spiro atoms. The molecule has 1 N–H and O–H groups in total. The van der Waals surface area contributed by atoms with Gasteiger partial charge in [0, 0.05) is 38.7 Å². The van der Waals surface area contributed by atoms with Crippen LogP contribution >= 0.6 is 15.9 Å². The van der Waals surface area contributed by atoms with Gasteiger partial charge in [0.05, 0.1) is 10.2 Å². The van der Waals surface area contributed by atoms with Crippen LogP contribution in [-0.4, -0.2) is 23.3 Å². The van der Waals surface area contributed by atoms with E-state index in [2.05, 4.69) is 26.2 Å². The van der Waals surface area contributed by atoms with Crippen LogP contribution in [-0.2, 0) is 11.3 Å². The van der Waals surface area contributed by atoms with Gasteiger partial charge in [-0.15, -0.1) is 0 Å². The number of rotatable bonds is 6. The normalized spacial score (nSPS) is 10.8. The largest absolute Gasteiger partial charge is 0.385 e. The van der Waals surface area contributed by atoms with Crippen molar-refractivity contribution >= 4 is 27.6 Å². The van der Waals surface area contributed by atoms with Crippen LogP contribution in [0.3, 0.4) is 0 Å². The van der Waals surface area contributed by atoms with E-state index in [0.29, 0.717) is 19.1 Å². The van der Waals surface area contributed by atoms with Crippen molar-refractivity contribution in [3.8, 4) is 0 Å². The first-order chi connectivity index (χ1) is 9.61. The van der Waals surface area contributed by atoms with Crippen LogP contribution in [0.2, 0.25) is 0 Å². The average molecular weight is 346 g/mol. The summed E-state index contributed by atoms with van der Waals surface area (Å²) in [5.74, 6) is -0.813. The highest BCUT2D eigenvalue weighted by molar-refractivity contribution is 9.10. The number of anilines is 2. The topological polar surface area (TPSA) is 39.1 Å². The minimum atomic E-state index is -0.669. The van der Waals surface area contributed by atoms with Gasteiger partial charge in [-0.25, -0.2) is 13.8 Å². The second-order valence-corrected chi connectivity index (χ2v) is 5.02. The minimum absolute atomic E-state index is 0.164. The lowest BCUT2D eigenvalue weighted by atomic mass is 10.3. The summed E-state index contributed by atoms with van der Waals surface area (Å²) in [6, 6.07) is 2.17. The van der Waals surface area contributed by atoms with Crippen molar-refractivity contribution < 1.29 is 13.5 Å². The van der Waals surface area contributed by atoms with E-state index in [1.54, 1.807) is 19.5 Å². The van der Waals surface area contributed by atoms with Crippen LogP contribution in [0.15, 0.2) is 29.0 Å². The summed E-state index contributed by atoms with van der Waals surface area (Å²) in [4.78, 5) is 4.12.